The van der Waals surface area contributed by atoms with E-state index in [1.54, 1.807) is 4.90 Å². The van der Waals surface area contributed by atoms with Crippen molar-refractivity contribution in [1.82, 2.24) is 9.80 Å². The summed E-state index contributed by atoms with van der Waals surface area (Å²) in [5.41, 5.74) is 0. The largest absolute Gasteiger partial charge is 0.343 e. The van der Waals surface area contributed by atoms with E-state index in [2.05, 4.69) is 10.8 Å². The van der Waals surface area contributed by atoms with E-state index in [-0.39, 0.29) is 0 Å². The summed E-state index contributed by atoms with van der Waals surface area (Å²) in [6.45, 7) is 4.56. The summed E-state index contributed by atoms with van der Waals surface area (Å²) in [6.07, 6.45) is 6.88. The number of hydrogen-bond acceptors (Lipinski definition) is 2. The van der Waals surface area contributed by atoms with Crippen molar-refractivity contribution in [2.75, 3.05) is 32.7 Å². The van der Waals surface area contributed by atoms with Crippen LogP contribution in [0, 0.1) is 12.3 Å². The van der Waals surface area contributed by atoms with Crippen molar-refractivity contribution >= 4 is 6.41 Å². The van der Waals surface area contributed by atoms with Crippen LogP contribution < -0.4 is 0 Å². The van der Waals surface area contributed by atoms with Gasteiger partial charge >= 0.3 is 0 Å². The Morgan fingerprint density at radius 1 is 1.33 bits per heavy atom. The summed E-state index contributed by atoms with van der Waals surface area (Å²) in [5, 5.41) is 0. The highest BCUT2D eigenvalue weighted by atomic mass is 16.1. The number of nitrogens with zero attached hydrogens (tertiary/aromatic N) is 2. The maximum Gasteiger partial charge on any atom is 0.209 e. The van der Waals surface area contributed by atoms with Gasteiger partial charge in [0.25, 0.3) is 0 Å². The molecular weight excluding hydrogens is 152 g/mol. The van der Waals surface area contributed by atoms with Gasteiger partial charge in [0.1, 0.15) is 0 Å². The number of piperazine rings is 1. The molecule has 1 aliphatic heterocycles. The average molecular weight is 166 g/mol. The third-order valence-electron chi connectivity index (χ3n) is 2.13. The summed E-state index contributed by atoms with van der Waals surface area (Å²) in [7, 11) is 0. The fourth-order valence-electron chi connectivity index (χ4n) is 1.32. The zero-order chi connectivity index (χ0) is 8.81. The van der Waals surface area contributed by atoms with Crippen LogP contribution in [0.15, 0.2) is 0 Å². The van der Waals surface area contributed by atoms with Gasteiger partial charge in [-0.3, -0.25) is 9.69 Å². The Bertz CT molecular complexity index is 177. The number of terminal acetylenes is 1. The maximum atomic E-state index is 10.4. The first-order chi connectivity index (χ1) is 5.86. The van der Waals surface area contributed by atoms with Gasteiger partial charge in [-0.15, -0.1) is 12.3 Å². The molecule has 3 heteroatoms. The van der Waals surface area contributed by atoms with Gasteiger partial charge in [0.2, 0.25) is 6.41 Å². The molecule has 66 valence electrons. The predicted octanol–water partition coefficient (Wildman–Crippen LogP) is -0.216. The molecule has 1 amide bonds. The second kappa shape index (κ2) is 4.78. The number of amides is 1. The van der Waals surface area contributed by atoms with Crippen LogP contribution in [0.25, 0.3) is 0 Å². The Hall–Kier alpha value is -1.01. The quantitative estimate of drug-likeness (QED) is 0.427. The number of carbonyl (C=O) groups is 1. The molecule has 1 rings (SSSR count). The number of hydrogen-bond donors (Lipinski definition) is 0. The highest BCUT2D eigenvalue weighted by molar-refractivity contribution is 5.47. The standard InChI is InChI=1S/C9H14N2O/c1-2-3-4-10-5-7-11(9-12)8-6-10/h1,9H,3-8H2. The minimum absolute atomic E-state index is 0.807. The maximum absolute atomic E-state index is 10.4. The topological polar surface area (TPSA) is 23.6 Å². The summed E-state index contributed by atoms with van der Waals surface area (Å²) < 4.78 is 0. The van der Waals surface area contributed by atoms with E-state index in [0.717, 1.165) is 45.6 Å². The van der Waals surface area contributed by atoms with Crippen LogP contribution in [0.5, 0.6) is 0 Å². The van der Waals surface area contributed by atoms with Gasteiger partial charge in [-0.25, -0.2) is 0 Å². The lowest BCUT2D eigenvalue weighted by Crippen LogP contribution is -2.45. The molecule has 1 heterocycles. The summed E-state index contributed by atoms with van der Waals surface area (Å²) >= 11 is 0. The Morgan fingerprint density at radius 3 is 2.50 bits per heavy atom. The van der Waals surface area contributed by atoms with Crippen LogP contribution in [-0.2, 0) is 4.79 Å². The lowest BCUT2D eigenvalue weighted by atomic mass is 10.3. The monoisotopic (exact) mass is 166 g/mol. The van der Waals surface area contributed by atoms with Gasteiger partial charge < -0.3 is 4.90 Å². The zero-order valence-corrected chi connectivity index (χ0v) is 7.20. The molecule has 0 bridgehead atoms. The van der Waals surface area contributed by atoms with Crippen molar-refractivity contribution in [3.05, 3.63) is 0 Å². The van der Waals surface area contributed by atoms with Crippen molar-refractivity contribution in [1.29, 1.82) is 0 Å². The molecule has 0 atom stereocenters. The molecule has 0 aliphatic carbocycles. The molecule has 1 saturated heterocycles. The zero-order valence-electron chi connectivity index (χ0n) is 7.20. The van der Waals surface area contributed by atoms with E-state index >= 15 is 0 Å². The number of carbonyl (C=O) groups excluding carboxylic acids is 1. The average Bonchev–Trinajstić information content (AvgIpc) is 2.15. The predicted molar refractivity (Wildman–Crippen MR) is 47.5 cm³/mol. The minimum Gasteiger partial charge on any atom is -0.343 e. The molecule has 0 aromatic carbocycles. The van der Waals surface area contributed by atoms with E-state index in [1.165, 1.54) is 0 Å². The van der Waals surface area contributed by atoms with Gasteiger partial charge in [-0.1, -0.05) is 0 Å². The molecule has 12 heavy (non-hydrogen) atoms. The molecule has 1 fully saturated rings. The van der Waals surface area contributed by atoms with Gasteiger partial charge in [0.15, 0.2) is 0 Å². The highest BCUT2D eigenvalue weighted by Gasteiger charge is 2.13. The molecule has 0 N–H and O–H groups in total. The third kappa shape index (κ3) is 2.55. The number of rotatable bonds is 3. The van der Waals surface area contributed by atoms with Gasteiger partial charge in [0, 0.05) is 39.1 Å². The van der Waals surface area contributed by atoms with E-state index in [9.17, 15) is 4.79 Å². The van der Waals surface area contributed by atoms with Crippen molar-refractivity contribution in [2.24, 2.45) is 0 Å². The fraction of sp³-hybridized carbons (Fsp3) is 0.667. The Balaban J connectivity index is 2.18. The van der Waals surface area contributed by atoms with Crippen LogP contribution in [0.3, 0.4) is 0 Å². The first-order valence-electron chi connectivity index (χ1n) is 4.22. The summed E-state index contributed by atoms with van der Waals surface area (Å²) in [5.74, 6) is 2.62. The Morgan fingerprint density at radius 2 is 2.00 bits per heavy atom. The SMILES string of the molecule is C#CCCN1CCN(C=O)CC1. The van der Waals surface area contributed by atoms with Crippen LogP contribution in [-0.4, -0.2) is 48.9 Å². The van der Waals surface area contributed by atoms with E-state index in [4.69, 9.17) is 6.42 Å². The Kier molecular flexibility index (Phi) is 3.62. The van der Waals surface area contributed by atoms with E-state index < -0.39 is 0 Å². The van der Waals surface area contributed by atoms with Crippen LogP contribution in [0.1, 0.15) is 6.42 Å². The van der Waals surface area contributed by atoms with Crippen molar-refractivity contribution < 1.29 is 4.79 Å². The molecule has 0 aromatic heterocycles. The van der Waals surface area contributed by atoms with Crippen LogP contribution in [0.4, 0.5) is 0 Å². The van der Waals surface area contributed by atoms with Crippen molar-refractivity contribution in [3.63, 3.8) is 0 Å². The molecule has 0 unspecified atom stereocenters. The van der Waals surface area contributed by atoms with Gasteiger partial charge in [0.05, 0.1) is 0 Å². The first kappa shape index (κ1) is 9.08. The lowest BCUT2D eigenvalue weighted by Gasteiger charge is -2.31. The summed E-state index contributed by atoms with van der Waals surface area (Å²) in [4.78, 5) is 14.4. The van der Waals surface area contributed by atoms with Crippen molar-refractivity contribution in [3.8, 4) is 12.3 Å². The second-order valence-corrected chi connectivity index (χ2v) is 2.94. The molecule has 3 nitrogen and oxygen atoms in total. The Labute approximate surface area is 73.3 Å². The van der Waals surface area contributed by atoms with Crippen molar-refractivity contribution in [2.45, 2.75) is 6.42 Å². The van der Waals surface area contributed by atoms with E-state index in [0.29, 0.717) is 0 Å². The minimum atomic E-state index is 0.807. The molecule has 0 radical (unpaired) electrons. The van der Waals surface area contributed by atoms with Gasteiger partial charge in [-0.05, 0) is 0 Å². The highest BCUT2D eigenvalue weighted by Crippen LogP contribution is 1.99. The normalized spacial score (nSPS) is 18.8. The molecule has 0 spiro atoms. The van der Waals surface area contributed by atoms with Crippen LogP contribution in [0.2, 0.25) is 0 Å². The second-order valence-electron chi connectivity index (χ2n) is 2.94. The molecule has 0 saturated carbocycles. The lowest BCUT2D eigenvalue weighted by molar-refractivity contribution is -0.119. The molecule has 0 aromatic rings. The third-order valence-corrected chi connectivity index (χ3v) is 2.13. The molecular formula is C9H14N2O. The van der Waals surface area contributed by atoms with Crippen LogP contribution >= 0.6 is 0 Å². The first-order valence-corrected chi connectivity index (χ1v) is 4.22. The fourth-order valence-corrected chi connectivity index (χ4v) is 1.32. The van der Waals surface area contributed by atoms with Gasteiger partial charge in [-0.2, -0.15) is 0 Å². The molecule has 1 aliphatic rings. The summed E-state index contributed by atoms with van der Waals surface area (Å²) in [6, 6.07) is 0. The smallest absolute Gasteiger partial charge is 0.209 e. The van der Waals surface area contributed by atoms with E-state index in [1.807, 2.05) is 0 Å².